The number of aromatic amines is 1. The number of imidazole rings is 1. The summed E-state index contributed by atoms with van der Waals surface area (Å²) in [6.07, 6.45) is 5.78. The molecule has 0 aliphatic carbocycles. The molecule has 0 bridgehead atoms. The zero-order valence-electron chi connectivity index (χ0n) is 20.5. The predicted octanol–water partition coefficient (Wildman–Crippen LogP) is 3.14. The van der Waals surface area contributed by atoms with E-state index in [1.54, 1.807) is 35.9 Å². The van der Waals surface area contributed by atoms with Gasteiger partial charge in [0.1, 0.15) is 17.1 Å². The number of methoxy groups -OCH3 is 1. The SMILES string of the molecule is COc1ccnc(CCc2nc3cc(-c4ccc(S(=O)(=O)N5CCCN(C)CC5)cc4)cnc3[nH]2)c1. The fourth-order valence-corrected chi connectivity index (χ4v) is 5.89. The average Bonchev–Trinajstić information content (AvgIpc) is 3.18. The van der Waals surface area contributed by atoms with Crippen LogP contribution in [0.3, 0.4) is 0 Å². The molecule has 1 aliphatic rings. The molecule has 0 radical (unpaired) electrons. The zero-order valence-corrected chi connectivity index (χ0v) is 21.3. The largest absolute Gasteiger partial charge is 0.497 e. The Balaban J connectivity index is 1.31. The van der Waals surface area contributed by atoms with Crippen LogP contribution in [-0.2, 0) is 22.9 Å². The summed E-state index contributed by atoms with van der Waals surface area (Å²) in [6.45, 7) is 2.71. The Morgan fingerprint density at radius 3 is 2.61 bits per heavy atom. The summed E-state index contributed by atoms with van der Waals surface area (Å²) in [7, 11) is 0.153. The zero-order chi connectivity index (χ0) is 25.1. The van der Waals surface area contributed by atoms with Gasteiger partial charge in [-0.1, -0.05) is 12.1 Å². The van der Waals surface area contributed by atoms with Crippen LogP contribution in [-0.4, -0.2) is 77.9 Å². The van der Waals surface area contributed by atoms with Crippen molar-refractivity contribution in [2.45, 2.75) is 24.2 Å². The molecule has 1 fully saturated rings. The Kier molecular flexibility index (Phi) is 6.99. The number of nitrogens with zero attached hydrogens (tertiary/aromatic N) is 5. The van der Waals surface area contributed by atoms with Crippen LogP contribution in [0, 0.1) is 0 Å². The highest BCUT2D eigenvalue weighted by Gasteiger charge is 2.26. The van der Waals surface area contributed by atoms with E-state index in [1.165, 1.54) is 0 Å². The first-order chi connectivity index (χ1) is 17.4. The predicted molar refractivity (Wildman–Crippen MR) is 138 cm³/mol. The quantitative estimate of drug-likeness (QED) is 0.411. The Morgan fingerprint density at radius 1 is 0.972 bits per heavy atom. The molecule has 4 heterocycles. The first-order valence-corrected chi connectivity index (χ1v) is 13.5. The second-order valence-corrected chi connectivity index (χ2v) is 11.0. The summed E-state index contributed by atoms with van der Waals surface area (Å²) < 4.78 is 33.1. The third-order valence-electron chi connectivity index (χ3n) is 6.53. The van der Waals surface area contributed by atoms with Crippen molar-refractivity contribution in [1.82, 2.24) is 29.1 Å². The lowest BCUT2D eigenvalue weighted by molar-refractivity contribution is 0.347. The van der Waals surface area contributed by atoms with Gasteiger partial charge in [-0.25, -0.2) is 18.4 Å². The third kappa shape index (κ3) is 5.25. The molecule has 0 saturated carbocycles. The van der Waals surface area contributed by atoms with Crippen LogP contribution < -0.4 is 4.74 Å². The summed E-state index contributed by atoms with van der Waals surface area (Å²) in [5.41, 5.74) is 4.20. The number of aromatic nitrogens is 4. The molecular weight excluding hydrogens is 476 g/mol. The molecule has 1 N–H and O–H groups in total. The Hall–Kier alpha value is -3.34. The number of hydrogen-bond donors (Lipinski definition) is 1. The van der Waals surface area contributed by atoms with Gasteiger partial charge in [0.15, 0.2) is 5.65 Å². The minimum atomic E-state index is -3.51. The van der Waals surface area contributed by atoms with Gasteiger partial charge in [0.25, 0.3) is 0 Å². The number of pyridine rings is 2. The highest BCUT2D eigenvalue weighted by atomic mass is 32.2. The molecule has 0 spiro atoms. The maximum Gasteiger partial charge on any atom is 0.243 e. The Bertz CT molecular complexity index is 1450. The van der Waals surface area contributed by atoms with Crippen LogP contribution in [0.2, 0.25) is 0 Å². The van der Waals surface area contributed by atoms with Gasteiger partial charge in [-0.2, -0.15) is 4.31 Å². The van der Waals surface area contributed by atoms with Gasteiger partial charge >= 0.3 is 0 Å². The molecular formula is C26H30N6O3S. The molecule has 0 unspecified atom stereocenters. The minimum Gasteiger partial charge on any atom is -0.497 e. The second-order valence-electron chi connectivity index (χ2n) is 9.05. The average molecular weight is 507 g/mol. The van der Waals surface area contributed by atoms with Crippen molar-refractivity contribution in [3.63, 3.8) is 0 Å². The third-order valence-corrected chi connectivity index (χ3v) is 8.44. The molecule has 9 nitrogen and oxygen atoms in total. The first-order valence-electron chi connectivity index (χ1n) is 12.0. The van der Waals surface area contributed by atoms with Crippen molar-refractivity contribution in [3.8, 4) is 16.9 Å². The van der Waals surface area contributed by atoms with Crippen LogP contribution in [0.1, 0.15) is 17.9 Å². The van der Waals surface area contributed by atoms with E-state index in [-0.39, 0.29) is 0 Å². The minimum absolute atomic E-state index is 0.318. The Morgan fingerprint density at radius 2 is 1.81 bits per heavy atom. The molecule has 5 rings (SSSR count). The van der Waals surface area contributed by atoms with Gasteiger partial charge in [0.05, 0.1) is 12.0 Å². The van der Waals surface area contributed by atoms with Gasteiger partial charge in [0.2, 0.25) is 10.0 Å². The molecule has 0 atom stereocenters. The number of aryl methyl sites for hydroxylation is 2. The molecule has 3 aromatic heterocycles. The summed E-state index contributed by atoms with van der Waals surface area (Å²) in [5, 5.41) is 0. The number of hydrogen-bond acceptors (Lipinski definition) is 7. The fraction of sp³-hybridized carbons (Fsp3) is 0.346. The molecule has 10 heteroatoms. The molecule has 36 heavy (non-hydrogen) atoms. The van der Waals surface area contributed by atoms with Crippen molar-refractivity contribution in [2.75, 3.05) is 40.3 Å². The van der Waals surface area contributed by atoms with E-state index in [9.17, 15) is 8.42 Å². The fourth-order valence-electron chi connectivity index (χ4n) is 4.42. The summed E-state index contributed by atoms with van der Waals surface area (Å²) in [5.74, 6) is 1.62. The monoisotopic (exact) mass is 506 g/mol. The topological polar surface area (TPSA) is 104 Å². The number of ether oxygens (including phenoxy) is 1. The molecule has 1 aromatic carbocycles. The van der Waals surface area contributed by atoms with Gasteiger partial charge in [-0.15, -0.1) is 0 Å². The Labute approximate surface area is 211 Å². The van der Waals surface area contributed by atoms with Crippen molar-refractivity contribution in [3.05, 3.63) is 66.4 Å². The number of H-pyrrole nitrogens is 1. The van der Waals surface area contributed by atoms with E-state index in [0.29, 0.717) is 24.4 Å². The highest BCUT2D eigenvalue weighted by Crippen LogP contribution is 2.25. The standard InChI is InChI=1S/C26H30N6O3S/c1-31-12-3-13-32(15-14-31)36(33,34)23-7-4-19(5-8-23)20-16-24-26(28-18-20)30-25(29-24)9-6-21-17-22(35-2)10-11-27-21/h4-5,7-8,10-11,16-18H,3,6,9,12-15H2,1-2H3,(H,28,29,30). The molecule has 1 saturated heterocycles. The van der Waals surface area contributed by atoms with Crippen molar-refractivity contribution in [2.24, 2.45) is 0 Å². The smallest absolute Gasteiger partial charge is 0.243 e. The normalized spacial score (nSPS) is 15.7. The molecule has 1 aliphatic heterocycles. The van der Waals surface area contributed by atoms with Crippen LogP contribution in [0.25, 0.3) is 22.3 Å². The van der Waals surface area contributed by atoms with Crippen molar-refractivity contribution in [1.29, 1.82) is 0 Å². The van der Waals surface area contributed by atoms with Crippen molar-refractivity contribution >= 4 is 21.2 Å². The summed E-state index contributed by atoms with van der Waals surface area (Å²) in [4.78, 5) is 19.4. The highest BCUT2D eigenvalue weighted by molar-refractivity contribution is 7.89. The molecule has 188 valence electrons. The van der Waals surface area contributed by atoms with E-state index < -0.39 is 10.0 Å². The lowest BCUT2D eigenvalue weighted by Crippen LogP contribution is -2.34. The number of sulfonamides is 1. The van der Waals surface area contributed by atoms with Crippen LogP contribution in [0.5, 0.6) is 5.75 Å². The number of rotatable bonds is 7. The van der Waals surface area contributed by atoms with Gasteiger partial charge in [-0.3, -0.25) is 4.98 Å². The number of benzene rings is 1. The maximum atomic E-state index is 13.1. The van der Waals surface area contributed by atoms with Crippen LogP contribution in [0.15, 0.2) is 59.8 Å². The number of likely N-dealkylation sites (N-methyl/N-ethyl adjacent to an activating group) is 1. The molecule has 4 aromatic rings. The van der Waals surface area contributed by atoms with E-state index in [4.69, 9.17) is 9.72 Å². The van der Waals surface area contributed by atoms with Gasteiger partial charge in [-0.05, 0) is 56.3 Å². The summed E-state index contributed by atoms with van der Waals surface area (Å²) >= 11 is 0. The van der Waals surface area contributed by atoms with Crippen LogP contribution >= 0.6 is 0 Å². The van der Waals surface area contributed by atoms with E-state index in [1.807, 2.05) is 37.4 Å². The van der Waals surface area contributed by atoms with E-state index in [0.717, 1.165) is 65.5 Å². The molecule has 0 amide bonds. The second kappa shape index (κ2) is 10.3. The summed E-state index contributed by atoms with van der Waals surface area (Å²) in [6, 6.07) is 12.8. The van der Waals surface area contributed by atoms with E-state index in [2.05, 4.69) is 19.9 Å². The first kappa shape index (κ1) is 24.4. The number of fused-ring (bicyclic) bond motifs is 1. The van der Waals surface area contributed by atoms with Crippen molar-refractivity contribution < 1.29 is 13.2 Å². The van der Waals surface area contributed by atoms with Crippen LogP contribution in [0.4, 0.5) is 0 Å². The maximum absolute atomic E-state index is 13.1. The van der Waals surface area contributed by atoms with Gasteiger partial charge in [0, 0.05) is 55.8 Å². The van der Waals surface area contributed by atoms with E-state index >= 15 is 0 Å². The number of nitrogens with one attached hydrogen (secondary N) is 1. The lowest BCUT2D eigenvalue weighted by atomic mass is 10.1. The van der Waals surface area contributed by atoms with Gasteiger partial charge < -0.3 is 14.6 Å². The lowest BCUT2D eigenvalue weighted by Gasteiger charge is -2.20.